The number of carbonyl (C=O) groups excluding carboxylic acids is 1. The van der Waals surface area contributed by atoms with E-state index in [-0.39, 0.29) is 5.91 Å². The number of methoxy groups -OCH3 is 1. The van der Waals surface area contributed by atoms with E-state index in [9.17, 15) is 4.79 Å². The largest absolute Gasteiger partial charge is 0.497 e. The lowest BCUT2D eigenvalue weighted by molar-refractivity contribution is 0.0945. The van der Waals surface area contributed by atoms with E-state index in [2.05, 4.69) is 20.6 Å². The van der Waals surface area contributed by atoms with Crippen LogP contribution in [0.4, 0.5) is 0 Å². The maximum Gasteiger partial charge on any atom is 0.269 e. The first-order valence-electron chi connectivity index (χ1n) is 7.12. The fourth-order valence-electron chi connectivity index (χ4n) is 2.19. The number of hydrogen-bond donors (Lipinski definition) is 2. The summed E-state index contributed by atoms with van der Waals surface area (Å²) < 4.78 is 6.84. The topological polar surface area (TPSA) is 84.8 Å². The average Bonchev–Trinajstić information content (AvgIpc) is 3.22. The Morgan fingerprint density at radius 1 is 1.30 bits per heavy atom. The molecule has 0 saturated carbocycles. The summed E-state index contributed by atoms with van der Waals surface area (Å²) in [4.78, 5) is 12.2. The highest BCUT2D eigenvalue weighted by molar-refractivity contribution is 5.93. The van der Waals surface area contributed by atoms with Crippen LogP contribution < -0.4 is 10.1 Å². The normalized spacial score (nSPS) is 10.5. The summed E-state index contributed by atoms with van der Waals surface area (Å²) >= 11 is 0. The number of amides is 1. The summed E-state index contributed by atoms with van der Waals surface area (Å²) in [5, 5.41) is 13.8. The molecule has 2 N–H and O–H groups in total. The van der Waals surface area contributed by atoms with Crippen molar-refractivity contribution < 1.29 is 9.53 Å². The molecule has 2 aromatic heterocycles. The van der Waals surface area contributed by atoms with Crippen LogP contribution in [0.2, 0.25) is 0 Å². The molecule has 0 spiro atoms. The van der Waals surface area contributed by atoms with Gasteiger partial charge in [0.05, 0.1) is 25.0 Å². The SMILES string of the molecule is COc1ccc(-c2cc(C(=O)NCc3ccnn3C)[nH]n2)cc1. The number of H-pyrrole nitrogens is 1. The van der Waals surface area contributed by atoms with Gasteiger partial charge in [0.1, 0.15) is 11.4 Å². The zero-order valence-corrected chi connectivity index (χ0v) is 12.9. The van der Waals surface area contributed by atoms with Crippen LogP contribution in [0.25, 0.3) is 11.3 Å². The second kappa shape index (κ2) is 6.35. The van der Waals surface area contributed by atoms with E-state index in [1.165, 1.54) is 0 Å². The van der Waals surface area contributed by atoms with Gasteiger partial charge < -0.3 is 10.1 Å². The van der Waals surface area contributed by atoms with E-state index in [0.717, 1.165) is 17.0 Å². The molecule has 0 aliphatic carbocycles. The maximum atomic E-state index is 12.2. The van der Waals surface area contributed by atoms with Gasteiger partial charge in [0.2, 0.25) is 0 Å². The fraction of sp³-hybridized carbons (Fsp3) is 0.188. The zero-order chi connectivity index (χ0) is 16.2. The van der Waals surface area contributed by atoms with Gasteiger partial charge in [-0.3, -0.25) is 14.6 Å². The predicted octanol–water partition coefficient (Wildman–Crippen LogP) is 1.75. The minimum atomic E-state index is -0.210. The third-order valence-corrected chi connectivity index (χ3v) is 3.56. The molecule has 0 saturated heterocycles. The quantitative estimate of drug-likeness (QED) is 0.752. The van der Waals surface area contributed by atoms with Gasteiger partial charge in [-0.25, -0.2) is 0 Å². The molecule has 118 valence electrons. The van der Waals surface area contributed by atoms with Crippen molar-refractivity contribution in [2.24, 2.45) is 7.05 Å². The van der Waals surface area contributed by atoms with Gasteiger partial charge in [-0.15, -0.1) is 0 Å². The molecule has 23 heavy (non-hydrogen) atoms. The summed E-state index contributed by atoms with van der Waals surface area (Å²) in [6.45, 7) is 0.409. The summed E-state index contributed by atoms with van der Waals surface area (Å²) in [5.74, 6) is 0.567. The zero-order valence-electron chi connectivity index (χ0n) is 12.9. The minimum Gasteiger partial charge on any atom is -0.497 e. The van der Waals surface area contributed by atoms with Crippen LogP contribution in [0.5, 0.6) is 5.75 Å². The first-order valence-corrected chi connectivity index (χ1v) is 7.12. The number of ether oxygens (including phenoxy) is 1. The van der Waals surface area contributed by atoms with Crippen LogP contribution in [-0.2, 0) is 13.6 Å². The van der Waals surface area contributed by atoms with Crippen molar-refractivity contribution in [2.75, 3.05) is 7.11 Å². The molecule has 7 nitrogen and oxygen atoms in total. The van der Waals surface area contributed by atoms with Gasteiger partial charge in [0.15, 0.2) is 0 Å². The molecular formula is C16H17N5O2. The number of rotatable bonds is 5. The van der Waals surface area contributed by atoms with Crippen LogP contribution >= 0.6 is 0 Å². The third kappa shape index (κ3) is 3.23. The van der Waals surface area contributed by atoms with Crippen molar-refractivity contribution in [2.45, 2.75) is 6.54 Å². The monoisotopic (exact) mass is 311 g/mol. The molecule has 0 aliphatic rings. The van der Waals surface area contributed by atoms with E-state index in [1.807, 2.05) is 37.4 Å². The van der Waals surface area contributed by atoms with Crippen molar-refractivity contribution in [1.29, 1.82) is 0 Å². The molecule has 0 aliphatic heterocycles. The molecule has 3 aromatic rings. The summed E-state index contributed by atoms with van der Waals surface area (Å²) in [5.41, 5.74) is 2.96. The van der Waals surface area contributed by atoms with Crippen LogP contribution in [0.1, 0.15) is 16.2 Å². The van der Waals surface area contributed by atoms with Gasteiger partial charge in [-0.1, -0.05) is 0 Å². The van der Waals surface area contributed by atoms with Crippen LogP contribution in [0.15, 0.2) is 42.6 Å². The first-order chi connectivity index (χ1) is 11.2. The molecule has 0 bridgehead atoms. The van der Waals surface area contributed by atoms with E-state index >= 15 is 0 Å². The highest BCUT2D eigenvalue weighted by Crippen LogP contribution is 2.21. The molecule has 2 heterocycles. The highest BCUT2D eigenvalue weighted by atomic mass is 16.5. The van der Waals surface area contributed by atoms with Crippen molar-refractivity contribution in [3.05, 3.63) is 54.0 Å². The number of nitrogens with one attached hydrogen (secondary N) is 2. The number of aryl methyl sites for hydroxylation is 1. The highest BCUT2D eigenvalue weighted by Gasteiger charge is 2.11. The van der Waals surface area contributed by atoms with Crippen LogP contribution in [0, 0.1) is 0 Å². The number of carbonyl (C=O) groups is 1. The molecule has 0 atom stereocenters. The van der Waals surface area contributed by atoms with E-state index in [1.54, 1.807) is 24.1 Å². The van der Waals surface area contributed by atoms with E-state index < -0.39 is 0 Å². The lowest BCUT2D eigenvalue weighted by Gasteiger charge is -2.03. The fourth-order valence-corrected chi connectivity index (χ4v) is 2.19. The van der Waals surface area contributed by atoms with Crippen LogP contribution in [0.3, 0.4) is 0 Å². The summed E-state index contributed by atoms with van der Waals surface area (Å²) in [7, 11) is 3.45. The Morgan fingerprint density at radius 2 is 2.09 bits per heavy atom. The van der Waals surface area contributed by atoms with Gasteiger partial charge in [-0.05, 0) is 36.4 Å². The lowest BCUT2D eigenvalue weighted by Crippen LogP contribution is -2.24. The number of nitrogens with zero attached hydrogens (tertiary/aromatic N) is 3. The molecule has 0 fully saturated rings. The third-order valence-electron chi connectivity index (χ3n) is 3.56. The molecule has 0 radical (unpaired) electrons. The summed E-state index contributed by atoms with van der Waals surface area (Å²) in [6.07, 6.45) is 1.69. The molecular weight excluding hydrogens is 294 g/mol. The smallest absolute Gasteiger partial charge is 0.269 e. The van der Waals surface area contributed by atoms with Gasteiger partial charge in [0, 0.05) is 18.8 Å². The Morgan fingerprint density at radius 3 is 2.74 bits per heavy atom. The Balaban J connectivity index is 1.68. The second-order valence-electron chi connectivity index (χ2n) is 5.02. The Kier molecular flexibility index (Phi) is 4.09. The second-order valence-corrected chi connectivity index (χ2v) is 5.02. The Hall–Kier alpha value is -3.09. The van der Waals surface area contributed by atoms with Gasteiger partial charge in [0.25, 0.3) is 5.91 Å². The number of benzene rings is 1. The maximum absolute atomic E-state index is 12.2. The lowest BCUT2D eigenvalue weighted by atomic mass is 10.1. The standard InChI is InChI=1S/C16H17N5O2/c1-21-12(7-8-18-21)10-17-16(22)15-9-14(19-20-15)11-3-5-13(23-2)6-4-11/h3-9H,10H2,1-2H3,(H,17,22)(H,19,20). The number of aromatic amines is 1. The molecule has 7 heteroatoms. The van der Waals surface area contributed by atoms with Crippen molar-refractivity contribution in [1.82, 2.24) is 25.3 Å². The predicted molar refractivity (Wildman–Crippen MR) is 85.0 cm³/mol. The van der Waals surface area contributed by atoms with E-state index in [0.29, 0.717) is 17.9 Å². The van der Waals surface area contributed by atoms with Gasteiger partial charge >= 0.3 is 0 Å². The minimum absolute atomic E-state index is 0.210. The number of hydrogen-bond acceptors (Lipinski definition) is 4. The summed E-state index contributed by atoms with van der Waals surface area (Å²) in [6, 6.07) is 11.1. The van der Waals surface area contributed by atoms with Gasteiger partial charge in [-0.2, -0.15) is 10.2 Å². The van der Waals surface area contributed by atoms with Crippen molar-refractivity contribution >= 4 is 5.91 Å². The Labute approximate surface area is 133 Å². The van der Waals surface area contributed by atoms with E-state index in [4.69, 9.17) is 4.74 Å². The van der Waals surface area contributed by atoms with Crippen LogP contribution in [-0.4, -0.2) is 33.0 Å². The molecule has 1 aromatic carbocycles. The molecule has 0 unspecified atom stereocenters. The molecule has 3 rings (SSSR count). The molecule has 1 amide bonds. The number of aromatic nitrogens is 4. The average molecular weight is 311 g/mol. The van der Waals surface area contributed by atoms with Crippen molar-refractivity contribution in [3.8, 4) is 17.0 Å². The Bertz CT molecular complexity index is 804. The van der Waals surface area contributed by atoms with Crippen molar-refractivity contribution in [3.63, 3.8) is 0 Å². The first kappa shape index (κ1) is 14.8.